The highest BCUT2D eigenvalue weighted by Crippen LogP contribution is 2.31. The van der Waals surface area contributed by atoms with Gasteiger partial charge in [0, 0.05) is 35.4 Å². The molecule has 0 fully saturated rings. The Balaban J connectivity index is 1.24. The number of para-hydroxylation sites is 1. The highest BCUT2D eigenvalue weighted by molar-refractivity contribution is 7.21. The number of hydrogen-bond donors (Lipinski definition) is 2. The molecule has 0 spiro atoms. The molecule has 0 aliphatic heterocycles. The fourth-order valence-electron chi connectivity index (χ4n) is 3.79. The average molecular weight is 455 g/mol. The summed E-state index contributed by atoms with van der Waals surface area (Å²) in [6, 6.07) is 21.4. The van der Waals surface area contributed by atoms with Gasteiger partial charge in [-0.2, -0.15) is 0 Å². The third-order valence-electron chi connectivity index (χ3n) is 5.51. The lowest BCUT2D eigenvalue weighted by Gasteiger charge is -2.16. The maximum atomic E-state index is 12.8. The van der Waals surface area contributed by atoms with E-state index in [1.54, 1.807) is 24.6 Å². The molecule has 2 heterocycles. The summed E-state index contributed by atoms with van der Waals surface area (Å²) in [5, 5.41) is 4.65. The molecular weight excluding hydrogens is 432 g/mol. The van der Waals surface area contributed by atoms with Gasteiger partial charge < -0.3 is 15.2 Å². The number of hydrogen-bond acceptors (Lipinski definition) is 4. The third kappa shape index (κ3) is 4.23. The summed E-state index contributed by atoms with van der Waals surface area (Å²) in [6.07, 6.45) is 1.68. The highest BCUT2D eigenvalue weighted by atomic mass is 32.1. The molecule has 0 atom stereocenters. The van der Waals surface area contributed by atoms with E-state index in [9.17, 15) is 9.59 Å². The topological polar surface area (TPSA) is 78.1 Å². The Kier molecular flexibility index (Phi) is 5.40. The number of aromatic amines is 1. The molecule has 0 aliphatic carbocycles. The number of thiazole rings is 1. The van der Waals surface area contributed by atoms with Crippen LogP contribution >= 0.6 is 11.3 Å². The van der Waals surface area contributed by atoms with Crippen molar-refractivity contribution in [1.82, 2.24) is 14.9 Å². The van der Waals surface area contributed by atoms with Crippen LogP contribution in [0.25, 0.3) is 31.7 Å². The number of nitrogens with one attached hydrogen (secondary N) is 2. The molecule has 0 saturated heterocycles. The third-order valence-corrected chi connectivity index (χ3v) is 6.57. The first-order valence-electron chi connectivity index (χ1n) is 10.6. The van der Waals surface area contributed by atoms with Gasteiger partial charge in [-0.05, 0) is 55.0 Å². The monoisotopic (exact) mass is 454 g/mol. The Morgan fingerprint density at radius 1 is 1.06 bits per heavy atom. The van der Waals surface area contributed by atoms with Crippen LogP contribution in [0, 0.1) is 6.92 Å². The van der Waals surface area contributed by atoms with E-state index in [-0.39, 0.29) is 18.4 Å². The molecule has 0 saturated carbocycles. The van der Waals surface area contributed by atoms with E-state index in [0.717, 1.165) is 31.7 Å². The lowest BCUT2D eigenvalue weighted by atomic mass is 10.1. The number of carbonyl (C=O) groups is 2. The van der Waals surface area contributed by atoms with E-state index < -0.39 is 0 Å². The minimum Gasteiger partial charge on any atom is -0.360 e. The summed E-state index contributed by atoms with van der Waals surface area (Å²) in [7, 11) is 1.63. The number of anilines is 1. The predicted octanol–water partition coefficient (Wildman–Crippen LogP) is 5.46. The molecule has 2 N–H and O–H groups in total. The zero-order chi connectivity index (χ0) is 22.9. The lowest BCUT2D eigenvalue weighted by molar-refractivity contribution is -0.116. The van der Waals surface area contributed by atoms with Gasteiger partial charge in [-0.25, -0.2) is 4.98 Å². The van der Waals surface area contributed by atoms with Gasteiger partial charge in [0.05, 0.1) is 22.3 Å². The maximum absolute atomic E-state index is 12.8. The van der Waals surface area contributed by atoms with Crippen molar-refractivity contribution < 1.29 is 9.59 Å². The number of benzene rings is 3. The van der Waals surface area contributed by atoms with Crippen molar-refractivity contribution in [2.75, 3.05) is 18.9 Å². The minimum atomic E-state index is -0.256. The van der Waals surface area contributed by atoms with Crippen LogP contribution in [0.15, 0.2) is 72.9 Å². The van der Waals surface area contributed by atoms with E-state index in [4.69, 9.17) is 4.98 Å². The van der Waals surface area contributed by atoms with E-state index in [2.05, 4.69) is 29.4 Å². The number of amides is 2. The second kappa shape index (κ2) is 8.52. The van der Waals surface area contributed by atoms with Crippen molar-refractivity contribution in [3.8, 4) is 10.6 Å². The van der Waals surface area contributed by atoms with Gasteiger partial charge in [0.15, 0.2) is 0 Å². The van der Waals surface area contributed by atoms with Crippen LogP contribution < -0.4 is 5.32 Å². The van der Waals surface area contributed by atoms with E-state index >= 15 is 0 Å². The smallest absolute Gasteiger partial charge is 0.256 e. The fourth-order valence-corrected chi connectivity index (χ4v) is 4.86. The Morgan fingerprint density at radius 2 is 1.85 bits per heavy atom. The predicted molar refractivity (Wildman–Crippen MR) is 134 cm³/mol. The summed E-state index contributed by atoms with van der Waals surface area (Å²) in [5.41, 5.74) is 5.32. The molecule has 5 aromatic rings. The normalized spacial score (nSPS) is 11.1. The van der Waals surface area contributed by atoms with Gasteiger partial charge in [0.2, 0.25) is 5.91 Å². The quantitative estimate of drug-likeness (QED) is 0.370. The largest absolute Gasteiger partial charge is 0.360 e. The number of fused-ring (bicyclic) bond motifs is 2. The number of aromatic nitrogens is 2. The lowest BCUT2D eigenvalue weighted by Crippen LogP contribution is -2.34. The van der Waals surface area contributed by atoms with Crippen LogP contribution in [0.5, 0.6) is 0 Å². The first-order chi connectivity index (χ1) is 16.0. The van der Waals surface area contributed by atoms with Gasteiger partial charge in [-0.3, -0.25) is 9.59 Å². The first-order valence-corrected chi connectivity index (χ1v) is 11.4. The number of H-pyrrole nitrogens is 1. The molecule has 7 heteroatoms. The standard InChI is InChI=1S/C26H22N4O2S/c1-16-7-12-22-23(13-16)33-25(29-22)17-8-10-18(11-9-17)28-24(31)15-30(2)26(32)20-14-27-21-6-4-3-5-19(20)21/h3-14,27H,15H2,1-2H3,(H,28,31). The van der Waals surface area contributed by atoms with E-state index in [0.29, 0.717) is 11.3 Å². The number of carbonyl (C=O) groups excluding carboxylic acids is 2. The van der Waals surface area contributed by atoms with Crippen molar-refractivity contribution >= 4 is 50.0 Å². The maximum Gasteiger partial charge on any atom is 0.256 e. The van der Waals surface area contributed by atoms with Gasteiger partial charge >= 0.3 is 0 Å². The molecule has 0 radical (unpaired) electrons. The van der Waals surface area contributed by atoms with Crippen LogP contribution in [-0.2, 0) is 4.79 Å². The summed E-state index contributed by atoms with van der Waals surface area (Å²) < 4.78 is 1.16. The summed E-state index contributed by atoms with van der Waals surface area (Å²) in [6.45, 7) is 2.03. The Labute approximate surface area is 194 Å². The van der Waals surface area contributed by atoms with Crippen LogP contribution in [0.1, 0.15) is 15.9 Å². The molecule has 0 bridgehead atoms. The second-order valence-electron chi connectivity index (χ2n) is 8.02. The van der Waals surface area contributed by atoms with Gasteiger partial charge in [-0.1, -0.05) is 24.3 Å². The minimum absolute atomic E-state index is 0.0443. The number of aryl methyl sites for hydroxylation is 1. The Morgan fingerprint density at radius 3 is 2.67 bits per heavy atom. The van der Waals surface area contributed by atoms with Gasteiger partial charge in [-0.15, -0.1) is 11.3 Å². The Bertz CT molecular complexity index is 1480. The van der Waals surface area contributed by atoms with Crippen LogP contribution in [0.3, 0.4) is 0 Å². The van der Waals surface area contributed by atoms with Crippen molar-refractivity contribution in [2.24, 2.45) is 0 Å². The SMILES string of the molecule is Cc1ccc2nc(-c3ccc(NC(=O)CN(C)C(=O)c4c[nH]c5ccccc45)cc3)sc2c1. The molecule has 2 aromatic heterocycles. The van der Waals surface area contributed by atoms with Crippen molar-refractivity contribution in [2.45, 2.75) is 6.92 Å². The van der Waals surface area contributed by atoms with E-state index in [1.807, 2.05) is 54.6 Å². The second-order valence-corrected chi connectivity index (χ2v) is 9.06. The van der Waals surface area contributed by atoms with Gasteiger partial charge in [0.25, 0.3) is 5.91 Å². The molecule has 5 rings (SSSR count). The van der Waals surface area contributed by atoms with Crippen LogP contribution in [-0.4, -0.2) is 40.3 Å². The van der Waals surface area contributed by atoms with Crippen molar-refractivity contribution in [3.05, 3.63) is 84.1 Å². The molecule has 2 amide bonds. The van der Waals surface area contributed by atoms with Crippen LogP contribution in [0.2, 0.25) is 0 Å². The van der Waals surface area contributed by atoms with Crippen molar-refractivity contribution in [3.63, 3.8) is 0 Å². The molecule has 33 heavy (non-hydrogen) atoms. The molecule has 0 unspecified atom stereocenters. The Hall–Kier alpha value is -3.97. The summed E-state index contributed by atoms with van der Waals surface area (Å²) in [4.78, 5) is 34.6. The van der Waals surface area contributed by atoms with Crippen LogP contribution in [0.4, 0.5) is 5.69 Å². The number of nitrogens with zero attached hydrogens (tertiary/aromatic N) is 2. The van der Waals surface area contributed by atoms with E-state index in [1.165, 1.54) is 10.5 Å². The molecule has 3 aromatic carbocycles. The highest BCUT2D eigenvalue weighted by Gasteiger charge is 2.18. The zero-order valence-corrected chi connectivity index (χ0v) is 19.1. The average Bonchev–Trinajstić information content (AvgIpc) is 3.43. The first kappa shape index (κ1) is 20.9. The number of likely N-dealkylation sites (N-methyl/N-ethyl adjacent to an activating group) is 1. The number of rotatable bonds is 5. The summed E-state index contributed by atoms with van der Waals surface area (Å²) in [5.74, 6) is -0.460. The fraction of sp³-hybridized carbons (Fsp3) is 0.115. The molecular formula is C26H22N4O2S. The van der Waals surface area contributed by atoms with Gasteiger partial charge in [0.1, 0.15) is 5.01 Å². The molecule has 0 aliphatic rings. The molecule has 6 nitrogen and oxygen atoms in total. The molecule has 164 valence electrons. The zero-order valence-electron chi connectivity index (χ0n) is 18.3. The summed E-state index contributed by atoms with van der Waals surface area (Å²) >= 11 is 1.65. The van der Waals surface area contributed by atoms with Crippen molar-refractivity contribution in [1.29, 1.82) is 0 Å².